The summed E-state index contributed by atoms with van der Waals surface area (Å²) in [5.41, 5.74) is 3.81. The van der Waals surface area contributed by atoms with E-state index in [1.807, 2.05) is 124 Å². The Kier molecular flexibility index (Phi) is 7.51. The Labute approximate surface area is 230 Å². The summed E-state index contributed by atoms with van der Waals surface area (Å²) in [5, 5.41) is 3.88. The third kappa shape index (κ3) is 6.04. The Hall–Kier alpha value is -4.38. The van der Waals surface area contributed by atoms with Gasteiger partial charge < -0.3 is 4.74 Å². The molecule has 1 saturated heterocycles. The zero-order chi connectivity index (χ0) is 27.4. The summed E-state index contributed by atoms with van der Waals surface area (Å²) in [5.74, 6) is -0.00204. The highest BCUT2D eigenvalue weighted by Gasteiger charge is 2.44. The Morgan fingerprint density at radius 2 is 1.28 bits per heavy atom. The lowest BCUT2D eigenvalue weighted by atomic mass is 9.95. The highest BCUT2D eigenvalue weighted by Crippen LogP contribution is 2.41. The molecule has 1 heterocycles. The Bertz CT molecular complexity index is 1400. The van der Waals surface area contributed by atoms with Crippen LogP contribution in [0.3, 0.4) is 0 Å². The van der Waals surface area contributed by atoms with Gasteiger partial charge in [0.05, 0.1) is 17.8 Å². The molecular formula is C34H34N2O3. The van der Waals surface area contributed by atoms with Crippen molar-refractivity contribution in [1.82, 2.24) is 5.01 Å². The minimum absolute atomic E-state index is 0.00204. The van der Waals surface area contributed by atoms with Crippen LogP contribution in [0.15, 0.2) is 115 Å². The molecule has 4 aromatic carbocycles. The monoisotopic (exact) mass is 518 g/mol. The number of benzene rings is 4. The predicted octanol–water partition coefficient (Wildman–Crippen LogP) is 7.63. The molecule has 0 unspecified atom stereocenters. The average molecular weight is 519 g/mol. The molecule has 1 amide bonds. The van der Waals surface area contributed by atoms with Gasteiger partial charge in [0.2, 0.25) is 0 Å². The fourth-order valence-electron chi connectivity index (χ4n) is 5.16. The van der Waals surface area contributed by atoms with Crippen LogP contribution in [-0.4, -0.2) is 28.5 Å². The van der Waals surface area contributed by atoms with Crippen LogP contribution in [0.5, 0.6) is 0 Å². The van der Waals surface area contributed by atoms with E-state index in [0.29, 0.717) is 17.5 Å². The van der Waals surface area contributed by atoms with Crippen molar-refractivity contribution in [3.05, 3.63) is 138 Å². The fraction of sp³-hybridized carbons (Fsp3) is 0.235. The second-order valence-electron chi connectivity index (χ2n) is 10.9. The molecule has 0 radical (unpaired) electrons. The third-order valence-corrected chi connectivity index (χ3v) is 6.88. The summed E-state index contributed by atoms with van der Waals surface area (Å²) in [6.07, 6.45) is 1.000. The van der Waals surface area contributed by atoms with Gasteiger partial charge in [0.1, 0.15) is 5.60 Å². The zero-order valence-electron chi connectivity index (χ0n) is 22.7. The first-order valence-corrected chi connectivity index (χ1v) is 13.4. The van der Waals surface area contributed by atoms with Gasteiger partial charge in [-0.05, 0) is 56.9 Å². The van der Waals surface area contributed by atoms with Crippen molar-refractivity contribution in [2.24, 2.45) is 0 Å². The van der Waals surface area contributed by atoms with Gasteiger partial charge >= 0.3 is 6.09 Å². The van der Waals surface area contributed by atoms with E-state index < -0.39 is 5.60 Å². The maximum absolute atomic E-state index is 13.7. The predicted molar refractivity (Wildman–Crippen MR) is 155 cm³/mol. The number of ketones is 1. The number of hydrogen-bond donors (Lipinski definition) is 0. The SMILES string of the molecule is CC(C)(C)OC(=O)N1[C@H](Cc2ccc(C(=O)c3ccccc3)cc2)C[C@@H](c2ccccc2)N1c1ccccc1. The Morgan fingerprint density at radius 1 is 0.744 bits per heavy atom. The maximum Gasteiger partial charge on any atom is 0.429 e. The van der Waals surface area contributed by atoms with Gasteiger partial charge in [-0.2, -0.15) is 0 Å². The number of amides is 1. The number of rotatable bonds is 6. The molecular weight excluding hydrogens is 484 g/mol. The summed E-state index contributed by atoms with van der Waals surface area (Å²) < 4.78 is 5.93. The molecule has 0 N–H and O–H groups in total. The number of hydrazine groups is 1. The van der Waals surface area contributed by atoms with Gasteiger partial charge in [-0.1, -0.05) is 103 Å². The first-order chi connectivity index (χ1) is 18.8. The quantitative estimate of drug-likeness (QED) is 0.246. The first-order valence-electron chi connectivity index (χ1n) is 13.4. The van der Waals surface area contributed by atoms with Crippen molar-refractivity contribution < 1.29 is 14.3 Å². The lowest BCUT2D eigenvalue weighted by Gasteiger charge is -2.37. The molecule has 4 aromatic rings. The van der Waals surface area contributed by atoms with Crippen molar-refractivity contribution in [2.75, 3.05) is 5.01 Å². The molecule has 1 fully saturated rings. The van der Waals surface area contributed by atoms with E-state index in [9.17, 15) is 9.59 Å². The average Bonchev–Trinajstić information content (AvgIpc) is 3.33. The lowest BCUT2D eigenvalue weighted by molar-refractivity contribution is 0.0196. The molecule has 5 heteroatoms. The van der Waals surface area contributed by atoms with Crippen molar-refractivity contribution >= 4 is 17.6 Å². The first kappa shape index (κ1) is 26.2. The summed E-state index contributed by atoms with van der Waals surface area (Å²) in [7, 11) is 0. The van der Waals surface area contributed by atoms with E-state index >= 15 is 0 Å². The maximum atomic E-state index is 13.7. The van der Waals surface area contributed by atoms with E-state index in [0.717, 1.165) is 23.2 Å². The molecule has 0 saturated carbocycles. The van der Waals surface area contributed by atoms with Gasteiger partial charge in [0, 0.05) is 11.1 Å². The van der Waals surface area contributed by atoms with E-state index in [4.69, 9.17) is 4.74 Å². The Morgan fingerprint density at radius 3 is 1.87 bits per heavy atom. The number of para-hydroxylation sites is 1. The normalized spacial score (nSPS) is 17.2. The molecule has 1 aliphatic heterocycles. The molecule has 2 atom stereocenters. The van der Waals surface area contributed by atoms with Crippen molar-refractivity contribution in [1.29, 1.82) is 0 Å². The number of carbonyl (C=O) groups excluding carboxylic acids is 2. The van der Waals surface area contributed by atoms with E-state index in [2.05, 4.69) is 17.1 Å². The standard InChI is InChI=1S/C34H34N2O3/c1-34(2,3)39-33(38)36-30(23-25-19-21-28(22-20-25)32(37)27-15-9-5-10-16-27)24-31(26-13-7-4-8-14-26)35(36)29-17-11-6-12-18-29/h4-22,30-31H,23-24H2,1-3H3/t30-,31+/m1/s1. The highest BCUT2D eigenvalue weighted by molar-refractivity contribution is 6.08. The van der Waals surface area contributed by atoms with Crippen LogP contribution in [0.25, 0.3) is 0 Å². The molecule has 0 bridgehead atoms. The van der Waals surface area contributed by atoms with Crippen molar-refractivity contribution in [3.8, 4) is 0 Å². The number of carbonyl (C=O) groups is 2. The van der Waals surface area contributed by atoms with Crippen LogP contribution < -0.4 is 5.01 Å². The third-order valence-electron chi connectivity index (χ3n) is 6.88. The molecule has 39 heavy (non-hydrogen) atoms. The topological polar surface area (TPSA) is 49.9 Å². The molecule has 0 aliphatic carbocycles. The summed E-state index contributed by atoms with van der Waals surface area (Å²) >= 11 is 0. The highest BCUT2D eigenvalue weighted by atomic mass is 16.6. The smallest absolute Gasteiger partial charge is 0.429 e. The molecule has 5 nitrogen and oxygen atoms in total. The fourth-order valence-corrected chi connectivity index (χ4v) is 5.16. The van der Waals surface area contributed by atoms with Crippen LogP contribution in [0.1, 0.15) is 60.3 Å². The summed E-state index contributed by atoms with van der Waals surface area (Å²) in [6.45, 7) is 5.67. The number of nitrogens with zero attached hydrogens (tertiary/aromatic N) is 2. The second kappa shape index (κ2) is 11.2. The van der Waals surface area contributed by atoms with E-state index in [1.54, 1.807) is 5.01 Å². The van der Waals surface area contributed by atoms with Crippen LogP contribution in [0.4, 0.5) is 10.5 Å². The van der Waals surface area contributed by atoms with Gasteiger partial charge in [0.25, 0.3) is 0 Å². The van der Waals surface area contributed by atoms with Gasteiger partial charge in [-0.3, -0.25) is 9.80 Å². The molecule has 0 aromatic heterocycles. The van der Waals surface area contributed by atoms with Crippen molar-refractivity contribution in [2.45, 2.75) is 51.3 Å². The summed E-state index contributed by atoms with van der Waals surface area (Å²) in [4.78, 5) is 26.6. The number of ether oxygens (including phenoxy) is 1. The van der Waals surface area contributed by atoms with Crippen LogP contribution in [0, 0.1) is 0 Å². The van der Waals surface area contributed by atoms with E-state index in [1.165, 1.54) is 0 Å². The van der Waals surface area contributed by atoms with Gasteiger partial charge in [0.15, 0.2) is 5.78 Å². The van der Waals surface area contributed by atoms with Crippen LogP contribution in [0.2, 0.25) is 0 Å². The molecule has 198 valence electrons. The van der Waals surface area contributed by atoms with E-state index in [-0.39, 0.29) is 24.0 Å². The summed E-state index contributed by atoms with van der Waals surface area (Å²) in [6, 6.07) is 37.2. The van der Waals surface area contributed by atoms with Crippen molar-refractivity contribution in [3.63, 3.8) is 0 Å². The van der Waals surface area contributed by atoms with Crippen LogP contribution in [-0.2, 0) is 11.2 Å². The number of anilines is 1. The largest absolute Gasteiger partial charge is 0.442 e. The molecule has 1 aliphatic rings. The van der Waals surface area contributed by atoms with Gasteiger partial charge in [-0.25, -0.2) is 9.80 Å². The second-order valence-corrected chi connectivity index (χ2v) is 10.9. The molecule has 0 spiro atoms. The lowest BCUT2D eigenvalue weighted by Crippen LogP contribution is -2.49. The minimum Gasteiger partial charge on any atom is -0.442 e. The zero-order valence-corrected chi connectivity index (χ0v) is 22.7. The molecule has 5 rings (SSSR count). The van der Waals surface area contributed by atoms with Crippen LogP contribution >= 0.6 is 0 Å². The van der Waals surface area contributed by atoms with Gasteiger partial charge in [-0.15, -0.1) is 0 Å². The minimum atomic E-state index is -0.631. The number of hydrogen-bond acceptors (Lipinski definition) is 4. The Balaban J connectivity index is 1.48.